The van der Waals surface area contributed by atoms with E-state index in [-0.39, 0.29) is 16.8 Å². The van der Waals surface area contributed by atoms with Crippen LogP contribution in [0.25, 0.3) is 0 Å². The molecule has 1 fully saturated rings. The molecule has 1 heterocycles. The average molecular weight is 455 g/mol. The summed E-state index contributed by atoms with van der Waals surface area (Å²) < 4.78 is 48.3. The number of rotatable bonds is 7. The number of hydrogen-bond acceptors (Lipinski definition) is 4. The number of anilines is 1. The van der Waals surface area contributed by atoms with E-state index >= 15 is 0 Å². The molecule has 0 saturated carbocycles. The summed E-state index contributed by atoms with van der Waals surface area (Å²) in [5.74, 6) is 0.395. The van der Waals surface area contributed by atoms with Crippen LogP contribution in [0.4, 0.5) is 10.1 Å². The lowest BCUT2D eigenvalue weighted by atomic mass is 10.0. The SMILES string of the molecule is COc1cccc(N(C2CCN(Cc3ccccc3F)CC2)S(=O)(=O)c2ccccc2)c1. The van der Waals surface area contributed by atoms with Gasteiger partial charge in [-0.25, -0.2) is 12.8 Å². The molecule has 0 spiro atoms. The number of piperidine rings is 1. The number of benzene rings is 3. The molecule has 3 aromatic carbocycles. The summed E-state index contributed by atoms with van der Waals surface area (Å²) in [7, 11) is -2.20. The highest BCUT2D eigenvalue weighted by Gasteiger charge is 2.34. The Morgan fingerprint density at radius 3 is 2.34 bits per heavy atom. The third-order valence-corrected chi connectivity index (χ3v) is 7.74. The maximum atomic E-state index is 14.1. The molecule has 1 saturated heterocycles. The van der Waals surface area contributed by atoms with Gasteiger partial charge in [0.2, 0.25) is 0 Å². The van der Waals surface area contributed by atoms with Gasteiger partial charge in [-0.3, -0.25) is 9.21 Å². The second-order valence-electron chi connectivity index (χ2n) is 7.91. The van der Waals surface area contributed by atoms with Gasteiger partial charge >= 0.3 is 0 Å². The Morgan fingerprint density at radius 1 is 0.969 bits per heavy atom. The van der Waals surface area contributed by atoms with E-state index in [0.29, 0.717) is 49.5 Å². The molecule has 168 valence electrons. The van der Waals surface area contributed by atoms with E-state index in [9.17, 15) is 12.8 Å². The number of halogens is 1. The fourth-order valence-electron chi connectivity index (χ4n) is 4.18. The van der Waals surface area contributed by atoms with Gasteiger partial charge in [-0.15, -0.1) is 0 Å². The van der Waals surface area contributed by atoms with E-state index < -0.39 is 10.0 Å². The van der Waals surface area contributed by atoms with Crippen LogP contribution in [0.2, 0.25) is 0 Å². The zero-order chi connectivity index (χ0) is 22.6. The van der Waals surface area contributed by atoms with Crippen LogP contribution in [0.5, 0.6) is 5.75 Å². The predicted octanol–water partition coefficient (Wildman–Crippen LogP) is 4.69. The maximum absolute atomic E-state index is 14.1. The molecule has 1 aliphatic heterocycles. The molecule has 0 aliphatic carbocycles. The zero-order valence-electron chi connectivity index (χ0n) is 18.0. The number of hydrogen-bond donors (Lipinski definition) is 0. The van der Waals surface area contributed by atoms with Crippen molar-refractivity contribution in [2.45, 2.75) is 30.3 Å². The van der Waals surface area contributed by atoms with Crippen LogP contribution >= 0.6 is 0 Å². The van der Waals surface area contributed by atoms with Gasteiger partial charge in [0.1, 0.15) is 11.6 Å². The summed E-state index contributed by atoms with van der Waals surface area (Å²) in [4.78, 5) is 2.44. The van der Waals surface area contributed by atoms with E-state index in [2.05, 4.69) is 4.90 Å². The Balaban J connectivity index is 1.59. The van der Waals surface area contributed by atoms with E-state index in [1.165, 1.54) is 10.4 Å². The number of nitrogens with zero attached hydrogens (tertiary/aromatic N) is 2. The second-order valence-corrected chi connectivity index (χ2v) is 9.73. The van der Waals surface area contributed by atoms with Crippen LogP contribution in [-0.2, 0) is 16.6 Å². The molecule has 4 rings (SSSR count). The van der Waals surface area contributed by atoms with Crippen LogP contribution < -0.4 is 9.04 Å². The van der Waals surface area contributed by atoms with Crippen LogP contribution in [0.1, 0.15) is 18.4 Å². The van der Waals surface area contributed by atoms with E-state index in [1.807, 2.05) is 6.07 Å². The molecule has 3 aromatic rings. The number of ether oxygens (including phenoxy) is 1. The van der Waals surface area contributed by atoms with Crippen molar-refractivity contribution in [1.82, 2.24) is 4.90 Å². The summed E-state index contributed by atoms with van der Waals surface area (Å²) in [5, 5.41) is 0. The molecule has 5 nitrogen and oxygen atoms in total. The lowest BCUT2D eigenvalue weighted by Crippen LogP contribution is -2.47. The highest BCUT2D eigenvalue weighted by atomic mass is 32.2. The quantitative estimate of drug-likeness (QED) is 0.520. The molecule has 0 unspecified atom stereocenters. The first-order valence-electron chi connectivity index (χ1n) is 10.7. The van der Waals surface area contributed by atoms with Gasteiger partial charge in [-0.05, 0) is 43.2 Å². The van der Waals surface area contributed by atoms with Crippen molar-refractivity contribution in [3.63, 3.8) is 0 Å². The zero-order valence-corrected chi connectivity index (χ0v) is 18.8. The van der Waals surface area contributed by atoms with Crippen molar-refractivity contribution in [2.75, 3.05) is 24.5 Å². The standard InChI is InChI=1S/C25H27FN2O3S/c1-31-23-10-7-9-22(18-23)28(32(29,30)24-11-3-2-4-12-24)21-14-16-27(17-15-21)19-20-8-5-6-13-25(20)26/h2-13,18,21H,14-17,19H2,1H3. The van der Waals surface area contributed by atoms with Gasteiger partial charge in [0.05, 0.1) is 17.7 Å². The van der Waals surface area contributed by atoms with Crippen molar-refractivity contribution in [3.05, 3.63) is 90.2 Å². The Bertz CT molecular complexity index is 1150. The van der Waals surface area contributed by atoms with Crippen molar-refractivity contribution in [2.24, 2.45) is 0 Å². The third-order valence-electron chi connectivity index (χ3n) is 5.85. The molecule has 0 bridgehead atoms. The Morgan fingerprint density at radius 2 is 1.66 bits per heavy atom. The molecule has 0 amide bonds. The van der Waals surface area contributed by atoms with Gasteiger partial charge in [-0.1, -0.05) is 42.5 Å². The minimum absolute atomic E-state index is 0.204. The van der Waals surface area contributed by atoms with Gasteiger partial charge in [0, 0.05) is 37.3 Å². The first kappa shape index (κ1) is 22.3. The molecule has 7 heteroatoms. The minimum Gasteiger partial charge on any atom is -0.497 e. The van der Waals surface area contributed by atoms with Gasteiger partial charge in [-0.2, -0.15) is 0 Å². The van der Waals surface area contributed by atoms with Crippen molar-refractivity contribution in [3.8, 4) is 5.75 Å². The molecule has 0 atom stereocenters. The number of likely N-dealkylation sites (tertiary alicyclic amines) is 1. The second kappa shape index (κ2) is 9.71. The lowest BCUT2D eigenvalue weighted by molar-refractivity contribution is 0.204. The van der Waals surface area contributed by atoms with E-state index in [0.717, 1.165) is 0 Å². The maximum Gasteiger partial charge on any atom is 0.264 e. The molecule has 1 aliphatic rings. The van der Waals surface area contributed by atoms with Crippen molar-refractivity contribution in [1.29, 1.82) is 0 Å². The average Bonchev–Trinajstić information content (AvgIpc) is 2.82. The van der Waals surface area contributed by atoms with Gasteiger partial charge in [0.15, 0.2) is 0 Å². The fraction of sp³-hybridized carbons (Fsp3) is 0.280. The topological polar surface area (TPSA) is 49.9 Å². The highest BCUT2D eigenvalue weighted by molar-refractivity contribution is 7.92. The Hall–Kier alpha value is -2.90. The normalized spacial score (nSPS) is 15.4. The van der Waals surface area contributed by atoms with Crippen LogP contribution in [0, 0.1) is 5.82 Å². The first-order chi connectivity index (χ1) is 15.5. The van der Waals surface area contributed by atoms with Gasteiger partial charge in [0.25, 0.3) is 10.0 Å². The highest BCUT2D eigenvalue weighted by Crippen LogP contribution is 2.32. The Labute approximate surface area is 189 Å². The molecule has 32 heavy (non-hydrogen) atoms. The molecule has 0 radical (unpaired) electrons. The Kier molecular flexibility index (Phi) is 6.77. The molecular formula is C25H27FN2O3S. The molecular weight excluding hydrogens is 427 g/mol. The summed E-state index contributed by atoms with van der Waals surface area (Å²) in [6.45, 7) is 1.89. The molecule has 0 aromatic heterocycles. The summed E-state index contributed by atoms with van der Waals surface area (Å²) in [5.41, 5.74) is 1.24. The van der Waals surface area contributed by atoms with E-state index in [1.54, 1.807) is 73.8 Å². The van der Waals surface area contributed by atoms with Crippen molar-refractivity contribution >= 4 is 15.7 Å². The van der Waals surface area contributed by atoms with Crippen molar-refractivity contribution < 1.29 is 17.5 Å². The van der Waals surface area contributed by atoms with Crippen LogP contribution in [0.3, 0.4) is 0 Å². The predicted molar refractivity (Wildman–Crippen MR) is 124 cm³/mol. The first-order valence-corrected chi connectivity index (χ1v) is 12.1. The van der Waals surface area contributed by atoms with Crippen LogP contribution in [-0.4, -0.2) is 39.6 Å². The summed E-state index contributed by atoms with van der Waals surface area (Å²) in [6, 6.07) is 22.2. The number of methoxy groups -OCH3 is 1. The third kappa shape index (κ3) is 4.79. The number of sulfonamides is 1. The minimum atomic E-state index is -3.76. The van der Waals surface area contributed by atoms with Crippen LogP contribution in [0.15, 0.2) is 83.8 Å². The lowest BCUT2D eigenvalue weighted by Gasteiger charge is -2.39. The smallest absolute Gasteiger partial charge is 0.264 e. The largest absolute Gasteiger partial charge is 0.497 e. The molecule has 0 N–H and O–H groups in total. The van der Waals surface area contributed by atoms with Gasteiger partial charge < -0.3 is 4.74 Å². The summed E-state index contributed by atoms with van der Waals surface area (Å²) >= 11 is 0. The van der Waals surface area contributed by atoms with E-state index in [4.69, 9.17) is 4.74 Å². The fourth-order valence-corrected chi connectivity index (χ4v) is 5.90. The summed E-state index contributed by atoms with van der Waals surface area (Å²) in [6.07, 6.45) is 1.30. The monoisotopic (exact) mass is 454 g/mol.